The molecule has 7 nitrogen and oxygen atoms in total. The highest BCUT2D eigenvalue weighted by Gasteiger charge is 2.21. The maximum absolute atomic E-state index is 5.82. The van der Waals surface area contributed by atoms with E-state index < -0.39 is 0 Å². The summed E-state index contributed by atoms with van der Waals surface area (Å²) >= 11 is 4.40. The third-order valence-corrected chi connectivity index (χ3v) is 6.22. The lowest BCUT2D eigenvalue weighted by molar-refractivity contribution is 0.260. The summed E-state index contributed by atoms with van der Waals surface area (Å²) in [4.78, 5) is 20.3. The number of aryl methyl sites for hydroxylation is 1. The number of hydrogen-bond donors (Lipinski definition) is 1. The molecule has 0 aliphatic carbocycles. The van der Waals surface area contributed by atoms with Crippen molar-refractivity contribution in [2.24, 2.45) is 5.92 Å². The molecule has 1 fully saturated rings. The summed E-state index contributed by atoms with van der Waals surface area (Å²) < 4.78 is 7.81. The second-order valence-electron chi connectivity index (χ2n) is 7.93. The van der Waals surface area contributed by atoms with Crippen molar-refractivity contribution < 1.29 is 4.74 Å². The summed E-state index contributed by atoms with van der Waals surface area (Å²) in [5.41, 5.74) is 3.44. The van der Waals surface area contributed by atoms with E-state index in [2.05, 4.69) is 44.6 Å². The Labute approximate surface area is 178 Å². The van der Waals surface area contributed by atoms with Gasteiger partial charge in [0.15, 0.2) is 0 Å². The Kier molecular flexibility index (Phi) is 6.82. The highest BCUT2D eigenvalue weighted by atomic mass is 32.1. The van der Waals surface area contributed by atoms with Gasteiger partial charge in [0.1, 0.15) is 0 Å². The van der Waals surface area contributed by atoms with Gasteiger partial charge in [0, 0.05) is 56.8 Å². The predicted molar refractivity (Wildman–Crippen MR) is 116 cm³/mol. The first-order valence-corrected chi connectivity index (χ1v) is 11.1. The Hall–Kier alpha value is -1.93. The minimum atomic E-state index is 0.513. The highest BCUT2D eigenvalue weighted by molar-refractivity contribution is 7.77. The fourth-order valence-electron chi connectivity index (χ4n) is 4.00. The number of rotatable bonds is 7. The van der Waals surface area contributed by atoms with Crippen LogP contribution in [-0.4, -0.2) is 50.5 Å². The molecule has 2 aromatic heterocycles. The maximum Gasteiger partial charge on any atom is 0.316 e. The lowest BCUT2D eigenvalue weighted by Crippen LogP contribution is -2.35. The van der Waals surface area contributed by atoms with Crippen molar-refractivity contribution in [3.05, 3.63) is 35.4 Å². The molecule has 4 heterocycles. The van der Waals surface area contributed by atoms with Crippen molar-refractivity contribution in [3.63, 3.8) is 0 Å². The fourth-order valence-corrected chi connectivity index (χ4v) is 4.26. The molecule has 1 saturated heterocycles. The van der Waals surface area contributed by atoms with E-state index in [4.69, 9.17) is 4.74 Å². The van der Waals surface area contributed by atoms with Gasteiger partial charge in [0.05, 0.1) is 12.3 Å². The Bertz CT molecular complexity index is 794. The molecular weight excluding hydrogens is 384 g/mol. The van der Waals surface area contributed by atoms with E-state index in [9.17, 15) is 0 Å². The molecule has 2 aliphatic heterocycles. The van der Waals surface area contributed by atoms with Crippen molar-refractivity contribution in [2.75, 3.05) is 31.1 Å². The predicted octanol–water partition coefficient (Wildman–Crippen LogP) is 3.11. The highest BCUT2D eigenvalue weighted by Crippen LogP contribution is 2.24. The standard InChI is InChI=1S/C21H30N6OS/c1-2-16-12-22-20(23-13-16)26-8-5-17(6-9-26)4-3-11-28-21-24-14-18-15-27(29)10-7-19(18)25-21/h12-14,17,29H,2-11,15H2,1H3. The normalized spacial score (nSPS) is 17.9. The Balaban J connectivity index is 1.16. The van der Waals surface area contributed by atoms with Gasteiger partial charge in [-0.2, -0.15) is 4.98 Å². The van der Waals surface area contributed by atoms with Crippen molar-refractivity contribution >= 4 is 18.8 Å². The van der Waals surface area contributed by atoms with Crippen molar-refractivity contribution in [1.29, 1.82) is 0 Å². The first-order chi connectivity index (χ1) is 14.2. The van der Waals surface area contributed by atoms with Gasteiger partial charge < -0.3 is 9.64 Å². The first-order valence-electron chi connectivity index (χ1n) is 10.7. The largest absolute Gasteiger partial charge is 0.463 e. The van der Waals surface area contributed by atoms with Gasteiger partial charge >= 0.3 is 6.01 Å². The molecule has 0 atom stereocenters. The first kappa shape index (κ1) is 20.3. The van der Waals surface area contributed by atoms with Crippen molar-refractivity contribution in [2.45, 2.75) is 52.0 Å². The number of anilines is 1. The van der Waals surface area contributed by atoms with Crippen LogP contribution in [0.15, 0.2) is 18.6 Å². The molecule has 0 saturated carbocycles. The van der Waals surface area contributed by atoms with E-state index in [1.807, 2.05) is 22.9 Å². The summed E-state index contributed by atoms with van der Waals surface area (Å²) in [6.45, 7) is 6.59. The summed E-state index contributed by atoms with van der Waals surface area (Å²) in [5.74, 6) is 1.62. The summed E-state index contributed by atoms with van der Waals surface area (Å²) in [5, 5.41) is 0. The van der Waals surface area contributed by atoms with Gasteiger partial charge in [0.25, 0.3) is 0 Å². The van der Waals surface area contributed by atoms with Crippen LogP contribution in [0.5, 0.6) is 6.01 Å². The number of aromatic nitrogens is 4. The lowest BCUT2D eigenvalue weighted by Gasteiger charge is -2.32. The maximum atomic E-state index is 5.82. The Morgan fingerprint density at radius 3 is 2.66 bits per heavy atom. The summed E-state index contributed by atoms with van der Waals surface area (Å²) in [7, 11) is 0. The number of ether oxygens (including phenoxy) is 1. The lowest BCUT2D eigenvalue weighted by atomic mass is 9.92. The molecule has 2 aromatic rings. The number of nitrogens with zero attached hydrogens (tertiary/aromatic N) is 6. The minimum Gasteiger partial charge on any atom is -0.463 e. The second-order valence-corrected chi connectivity index (χ2v) is 8.49. The van der Waals surface area contributed by atoms with Gasteiger partial charge in [-0.3, -0.25) is 0 Å². The van der Waals surface area contributed by atoms with Gasteiger partial charge in [-0.25, -0.2) is 19.3 Å². The van der Waals surface area contributed by atoms with Gasteiger partial charge in [-0.05, 0) is 43.6 Å². The van der Waals surface area contributed by atoms with Crippen LogP contribution in [0.4, 0.5) is 5.95 Å². The third-order valence-electron chi connectivity index (χ3n) is 5.88. The number of piperidine rings is 1. The molecular formula is C21H30N6OS. The van der Waals surface area contributed by atoms with E-state index in [-0.39, 0.29) is 0 Å². The average molecular weight is 415 g/mol. The van der Waals surface area contributed by atoms with Crippen LogP contribution in [0.1, 0.15) is 49.4 Å². The van der Waals surface area contributed by atoms with Crippen LogP contribution in [0.2, 0.25) is 0 Å². The molecule has 2 aliphatic rings. The van der Waals surface area contributed by atoms with Crippen LogP contribution in [-0.2, 0) is 19.4 Å². The quantitative estimate of drug-likeness (QED) is 0.551. The fraction of sp³-hybridized carbons (Fsp3) is 0.619. The Morgan fingerprint density at radius 1 is 1.10 bits per heavy atom. The topological polar surface area (TPSA) is 67.3 Å². The smallest absolute Gasteiger partial charge is 0.316 e. The van der Waals surface area contributed by atoms with E-state index in [1.165, 1.54) is 24.8 Å². The van der Waals surface area contributed by atoms with Crippen LogP contribution in [0, 0.1) is 5.92 Å². The SMILES string of the molecule is CCc1cnc(N2CCC(CCCOc3ncc4c(n3)CCN(S)C4)CC2)nc1. The van der Waals surface area contributed by atoms with Crippen LogP contribution in [0.3, 0.4) is 0 Å². The molecule has 8 heteroatoms. The Morgan fingerprint density at radius 2 is 1.90 bits per heavy atom. The molecule has 29 heavy (non-hydrogen) atoms. The molecule has 0 N–H and O–H groups in total. The van der Waals surface area contributed by atoms with Crippen LogP contribution < -0.4 is 9.64 Å². The minimum absolute atomic E-state index is 0.513. The molecule has 0 bridgehead atoms. The van der Waals surface area contributed by atoms with Gasteiger partial charge in [-0.15, -0.1) is 0 Å². The van der Waals surface area contributed by atoms with Crippen LogP contribution in [0.25, 0.3) is 0 Å². The van der Waals surface area contributed by atoms with Gasteiger partial charge in [0.2, 0.25) is 5.95 Å². The molecule has 4 rings (SSSR count). The molecule has 0 unspecified atom stereocenters. The molecule has 0 amide bonds. The number of thiol groups is 1. The van der Waals surface area contributed by atoms with Crippen LogP contribution >= 0.6 is 12.8 Å². The third kappa shape index (κ3) is 5.36. The van der Waals surface area contributed by atoms with Crippen molar-refractivity contribution in [1.82, 2.24) is 24.2 Å². The van der Waals surface area contributed by atoms with E-state index >= 15 is 0 Å². The second kappa shape index (κ2) is 9.71. The van der Waals surface area contributed by atoms with Crippen molar-refractivity contribution in [3.8, 4) is 6.01 Å². The van der Waals surface area contributed by atoms with E-state index in [0.717, 1.165) is 68.6 Å². The van der Waals surface area contributed by atoms with Gasteiger partial charge in [-0.1, -0.05) is 19.7 Å². The number of hydrogen-bond acceptors (Lipinski definition) is 8. The number of fused-ring (bicyclic) bond motifs is 1. The monoisotopic (exact) mass is 414 g/mol. The average Bonchev–Trinajstić information content (AvgIpc) is 2.77. The molecule has 0 aromatic carbocycles. The zero-order valence-electron chi connectivity index (χ0n) is 17.1. The summed E-state index contributed by atoms with van der Waals surface area (Å²) in [6.07, 6.45) is 12.3. The zero-order chi connectivity index (χ0) is 20.1. The molecule has 0 radical (unpaired) electrons. The molecule has 156 valence electrons. The zero-order valence-corrected chi connectivity index (χ0v) is 18.0. The van der Waals surface area contributed by atoms with E-state index in [0.29, 0.717) is 12.6 Å². The van der Waals surface area contributed by atoms with E-state index in [1.54, 1.807) is 0 Å². The summed E-state index contributed by atoms with van der Waals surface area (Å²) in [6, 6.07) is 0.513. The molecule has 0 spiro atoms.